The summed E-state index contributed by atoms with van der Waals surface area (Å²) in [5.41, 5.74) is 1.46. The number of sulfonamides is 1. The highest BCUT2D eigenvalue weighted by atomic mass is 35.5. The second kappa shape index (κ2) is 15.1. The minimum atomic E-state index is -4.24. The fourth-order valence-electron chi connectivity index (χ4n) is 5.55. The number of nitrogens with zero attached hydrogens (tertiary/aromatic N) is 2. The predicted octanol–water partition coefficient (Wildman–Crippen LogP) is 6.76. The van der Waals surface area contributed by atoms with Crippen LogP contribution in [0, 0.1) is 6.92 Å². The average Bonchev–Trinajstić information content (AvgIpc) is 3.01. The molecular weight excluding hydrogens is 621 g/mol. The highest BCUT2D eigenvalue weighted by Crippen LogP contribution is 2.34. The summed E-state index contributed by atoms with van der Waals surface area (Å²) in [6.07, 6.45) is 5.25. The number of methoxy groups -OCH3 is 1. The third-order valence-electron chi connectivity index (χ3n) is 7.94. The summed E-state index contributed by atoms with van der Waals surface area (Å²) in [5, 5.41) is 3.82. The number of hydrogen-bond acceptors (Lipinski definition) is 5. The molecule has 4 rings (SSSR count). The van der Waals surface area contributed by atoms with E-state index in [0.29, 0.717) is 22.0 Å². The molecule has 0 saturated heterocycles. The molecule has 0 radical (unpaired) electrons. The van der Waals surface area contributed by atoms with Crippen molar-refractivity contribution < 1.29 is 22.7 Å². The van der Waals surface area contributed by atoms with Gasteiger partial charge in [0.15, 0.2) is 0 Å². The first kappa shape index (κ1) is 33.6. The fraction of sp³-hybridized carbons (Fsp3) is 0.394. The van der Waals surface area contributed by atoms with E-state index in [9.17, 15) is 18.0 Å². The lowest BCUT2D eigenvalue weighted by Gasteiger charge is -2.35. The van der Waals surface area contributed by atoms with Crippen molar-refractivity contribution in [1.82, 2.24) is 10.2 Å². The van der Waals surface area contributed by atoms with Gasteiger partial charge in [0, 0.05) is 28.2 Å². The number of halogens is 2. The molecule has 1 saturated carbocycles. The Labute approximate surface area is 270 Å². The first-order valence-electron chi connectivity index (χ1n) is 14.8. The van der Waals surface area contributed by atoms with Crippen molar-refractivity contribution in [2.24, 2.45) is 0 Å². The smallest absolute Gasteiger partial charge is 0.264 e. The van der Waals surface area contributed by atoms with Crippen molar-refractivity contribution in [3.8, 4) is 5.75 Å². The van der Waals surface area contributed by atoms with E-state index in [1.807, 2.05) is 13.8 Å². The fourth-order valence-corrected chi connectivity index (χ4v) is 7.50. The Morgan fingerprint density at radius 2 is 1.64 bits per heavy atom. The van der Waals surface area contributed by atoms with E-state index in [1.165, 1.54) is 24.1 Å². The van der Waals surface area contributed by atoms with E-state index >= 15 is 0 Å². The van der Waals surface area contributed by atoms with E-state index in [1.54, 1.807) is 54.6 Å². The van der Waals surface area contributed by atoms with Crippen molar-refractivity contribution in [2.45, 2.75) is 75.9 Å². The minimum absolute atomic E-state index is 0.0131. The number of nitrogens with one attached hydrogen (secondary N) is 1. The molecule has 1 aliphatic rings. The summed E-state index contributed by atoms with van der Waals surface area (Å²) in [6, 6.07) is 17.2. The second-order valence-corrected chi connectivity index (χ2v) is 13.7. The Morgan fingerprint density at radius 3 is 2.25 bits per heavy atom. The van der Waals surface area contributed by atoms with Gasteiger partial charge in [0.2, 0.25) is 11.8 Å². The summed E-state index contributed by atoms with van der Waals surface area (Å²) in [5.74, 6) is -0.595. The molecule has 3 aromatic rings. The third-order valence-corrected chi connectivity index (χ3v) is 10.4. The highest BCUT2D eigenvalue weighted by molar-refractivity contribution is 7.92. The molecule has 1 atom stereocenters. The van der Waals surface area contributed by atoms with Gasteiger partial charge in [-0.05, 0) is 68.1 Å². The van der Waals surface area contributed by atoms with E-state index < -0.39 is 28.5 Å². The number of carbonyl (C=O) groups is 2. The Morgan fingerprint density at radius 1 is 0.977 bits per heavy atom. The molecule has 1 fully saturated rings. The van der Waals surface area contributed by atoms with Crippen LogP contribution in [-0.2, 0) is 26.2 Å². The van der Waals surface area contributed by atoms with Gasteiger partial charge < -0.3 is 15.0 Å². The Balaban J connectivity index is 1.78. The molecule has 0 bridgehead atoms. The number of hydrogen-bond donors (Lipinski definition) is 1. The Hall–Kier alpha value is -3.27. The van der Waals surface area contributed by atoms with Crippen LogP contribution in [0.25, 0.3) is 0 Å². The van der Waals surface area contributed by atoms with Crippen LogP contribution in [-0.4, -0.2) is 50.9 Å². The lowest BCUT2D eigenvalue weighted by molar-refractivity contribution is -0.140. The maximum Gasteiger partial charge on any atom is 0.264 e. The number of amides is 2. The Kier molecular flexibility index (Phi) is 11.6. The topological polar surface area (TPSA) is 96.0 Å². The number of ether oxygens (including phenoxy) is 1. The third kappa shape index (κ3) is 7.86. The van der Waals surface area contributed by atoms with Gasteiger partial charge in [0.25, 0.3) is 10.0 Å². The van der Waals surface area contributed by atoms with Gasteiger partial charge in [0.05, 0.1) is 17.7 Å². The number of benzene rings is 3. The largest absolute Gasteiger partial charge is 0.495 e. The van der Waals surface area contributed by atoms with Crippen LogP contribution in [0.5, 0.6) is 5.75 Å². The van der Waals surface area contributed by atoms with Crippen LogP contribution in [0.3, 0.4) is 0 Å². The summed E-state index contributed by atoms with van der Waals surface area (Å²) in [6.45, 7) is 2.97. The maximum atomic E-state index is 14.4. The van der Waals surface area contributed by atoms with Crippen molar-refractivity contribution in [2.75, 3.05) is 18.0 Å². The molecule has 0 aliphatic heterocycles. The molecule has 2 amide bonds. The van der Waals surface area contributed by atoms with Gasteiger partial charge >= 0.3 is 0 Å². The van der Waals surface area contributed by atoms with Gasteiger partial charge in [-0.25, -0.2) is 8.42 Å². The molecule has 1 aliphatic carbocycles. The van der Waals surface area contributed by atoms with Gasteiger partial charge in [0.1, 0.15) is 18.3 Å². The van der Waals surface area contributed by atoms with E-state index in [-0.39, 0.29) is 34.8 Å². The molecule has 236 valence electrons. The predicted molar refractivity (Wildman–Crippen MR) is 175 cm³/mol. The molecule has 44 heavy (non-hydrogen) atoms. The van der Waals surface area contributed by atoms with Crippen LogP contribution in [0.1, 0.15) is 56.6 Å². The molecule has 0 aromatic heterocycles. The number of aryl methyl sites for hydroxylation is 1. The summed E-state index contributed by atoms with van der Waals surface area (Å²) in [7, 11) is -2.80. The van der Waals surface area contributed by atoms with Crippen molar-refractivity contribution in [1.29, 1.82) is 0 Å². The van der Waals surface area contributed by atoms with E-state index in [4.69, 9.17) is 27.9 Å². The monoisotopic (exact) mass is 659 g/mol. The summed E-state index contributed by atoms with van der Waals surface area (Å²) >= 11 is 13.1. The van der Waals surface area contributed by atoms with Crippen molar-refractivity contribution in [3.63, 3.8) is 0 Å². The lowest BCUT2D eigenvalue weighted by atomic mass is 9.95. The zero-order valence-corrected chi connectivity index (χ0v) is 27.6. The van der Waals surface area contributed by atoms with E-state index in [2.05, 4.69) is 5.32 Å². The van der Waals surface area contributed by atoms with Gasteiger partial charge in [-0.2, -0.15) is 0 Å². The first-order valence-corrected chi connectivity index (χ1v) is 17.0. The number of carbonyl (C=O) groups excluding carboxylic acids is 2. The standard InChI is InChI=1S/C33H39Cl2N3O5S/c1-4-29(33(40)36-24-12-7-5-8-13-24)37(21-26-27(34)16-11-17-28(26)35)32(39)22-38(30-20-23(2)18-19-31(30)43-3)44(41,42)25-14-9-6-10-15-25/h6,9-11,14-20,24,29H,4-5,7-8,12-13,21-22H2,1-3H3,(H,36,40)/t29-/m1/s1. The minimum Gasteiger partial charge on any atom is -0.495 e. The van der Waals surface area contributed by atoms with Crippen molar-refractivity contribution >= 4 is 50.7 Å². The quantitative estimate of drug-likeness (QED) is 0.232. The highest BCUT2D eigenvalue weighted by Gasteiger charge is 2.36. The molecule has 11 heteroatoms. The Bertz CT molecular complexity index is 1540. The SMILES string of the molecule is CC[C@H](C(=O)NC1CCCCC1)N(Cc1c(Cl)cccc1Cl)C(=O)CN(c1cc(C)ccc1OC)S(=O)(=O)c1ccccc1. The second-order valence-electron chi connectivity index (χ2n) is 11.0. The zero-order valence-electron chi connectivity index (χ0n) is 25.3. The van der Waals surface area contributed by atoms with Gasteiger partial charge in [-0.15, -0.1) is 0 Å². The summed E-state index contributed by atoms with van der Waals surface area (Å²) < 4.78 is 34.9. The summed E-state index contributed by atoms with van der Waals surface area (Å²) in [4.78, 5) is 29.6. The van der Waals surface area contributed by atoms with Crippen LogP contribution < -0.4 is 14.4 Å². The van der Waals surface area contributed by atoms with Crippen LogP contribution in [0.15, 0.2) is 71.6 Å². The number of rotatable bonds is 12. The average molecular weight is 661 g/mol. The van der Waals surface area contributed by atoms with Crippen LogP contribution in [0.4, 0.5) is 5.69 Å². The zero-order chi connectivity index (χ0) is 31.9. The first-order chi connectivity index (χ1) is 21.1. The van der Waals surface area contributed by atoms with E-state index in [0.717, 1.165) is 42.0 Å². The number of anilines is 1. The van der Waals surface area contributed by atoms with Gasteiger partial charge in [-0.3, -0.25) is 13.9 Å². The molecule has 0 spiro atoms. The molecule has 8 nitrogen and oxygen atoms in total. The van der Waals surface area contributed by atoms with Crippen LogP contribution in [0.2, 0.25) is 10.0 Å². The molecule has 0 heterocycles. The molecule has 1 N–H and O–H groups in total. The molecule has 0 unspecified atom stereocenters. The molecular formula is C33H39Cl2N3O5S. The normalized spacial score (nSPS) is 14.5. The molecule has 3 aromatic carbocycles. The lowest BCUT2D eigenvalue weighted by Crippen LogP contribution is -2.54. The maximum absolute atomic E-state index is 14.4. The van der Waals surface area contributed by atoms with Crippen LogP contribution >= 0.6 is 23.2 Å². The van der Waals surface area contributed by atoms with Gasteiger partial charge in [-0.1, -0.05) is 79.7 Å². The van der Waals surface area contributed by atoms with Crippen molar-refractivity contribution in [3.05, 3.63) is 87.9 Å².